The molecule has 21 heavy (non-hydrogen) atoms. The number of rotatable bonds is 5. The van der Waals surface area contributed by atoms with Crippen molar-refractivity contribution in [3.8, 4) is 0 Å². The number of methoxy groups -OCH3 is 1. The lowest BCUT2D eigenvalue weighted by Crippen LogP contribution is -2.08. The molecule has 1 rings (SSSR count). The molecule has 0 aliphatic rings. The van der Waals surface area contributed by atoms with Crippen LogP contribution in [0.3, 0.4) is 0 Å². The van der Waals surface area contributed by atoms with Crippen molar-refractivity contribution in [3.63, 3.8) is 0 Å². The number of esters is 2. The molecule has 0 bridgehead atoms. The van der Waals surface area contributed by atoms with Crippen molar-refractivity contribution in [2.45, 2.75) is 6.92 Å². The van der Waals surface area contributed by atoms with Crippen molar-refractivity contribution >= 4 is 35.4 Å². The molecule has 112 valence electrons. The molecule has 0 fully saturated rings. The van der Waals surface area contributed by atoms with Crippen LogP contribution in [0.1, 0.15) is 17.3 Å². The van der Waals surface area contributed by atoms with Gasteiger partial charge in [-0.15, -0.1) is 0 Å². The largest absolute Gasteiger partial charge is 0.515 e. The molecule has 0 radical (unpaired) electrons. The lowest BCUT2D eigenvalue weighted by molar-refractivity contribution is -0.137. The van der Waals surface area contributed by atoms with Crippen LogP contribution in [0.25, 0.3) is 0 Å². The maximum absolute atomic E-state index is 11.5. The van der Waals surface area contributed by atoms with Crippen molar-refractivity contribution in [1.82, 2.24) is 0 Å². The molecule has 0 heterocycles. The number of nitrogens with zero attached hydrogens (tertiary/aromatic N) is 1. The highest BCUT2D eigenvalue weighted by Gasteiger charge is 2.10. The van der Waals surface area contributed by atoms with E-state index in [1.165, 1.54) is 25.3 Å². The minimum Gasteiger partial charge on any atom is -0.515 e. The van der Waals surface area contributed by atoms with Crippen molar-refractivity contribution in [2.75, 3.05) is 13.7 Å². The molecule has 0 atom stereocenters. The van der Waals surface area contributed by atoms with Crippen LogP contribution < -0.4 is 0 Å². The zero-order valence-corrected chi connectivity index (χ0v) is 12.3. The fraction of sp³-hybridized carbons (Fsp3) is 0.214. The third-order valence-corrected chi connectivity index (χ3v) is 2.68. The summed E-state index contributed by atoms with van der Waals surface area (Å²) in [6.45, 7) is 1.81. The molecule has 0 saturated carbocycles. The van der Waals surface area contributed by atoms with Crippen molar-refractivity contribution < 1.29 is 24.2 Å². The van der Waals surface area contributed by atoms with Gasteiger partial charge in [0.05, 0.1) is 36.3 Å². The summed E-state index contributed by atoms with van der Waals surface area (Å²) >= 11 is 5.95. The number of halogens is 1. The average molecular weight is 312 g/mol. The predicted molar refractivity (Wildman–Crippen MR) is 78.3 cm³/mol. The van der Waals surface area contributed by atoms with Gasteiger partial charge in [0.1, 0.15) is 5.57 Å². The highest BCUT2D eigenvalue weighted by molar-refractivity contribution is 6.33. The summed E-state index contributed by atoms with van der Waals surface area (Å²) in [5.74, 6) is -1.25. The molecular formula is C14H14ClNO5. The van der Waals surface area contributed by atoms with E-state index >= 15 is 0 Å². The first kappa shape index (κ1) is 16.7. The number of aliphatic hydroxyl groups excluding tert-OH is 1. The fourth-order valence-corrected chi connectivity index (χ4v) is 1.52. The summed E-state index contributed by atoms with van der Waals surface area (Å²) < 4.78 is 9.32. The molecule has 0 amide bonds. The van der Waals surface area contributed by atoms with E-state index in [4.69, 9.17) is 21.4 Å². The SMILES string of the molecule is CCOC(=O)C(C=Nc1cc(C(=O)OC)ccc1Cl)=CO. The Morgan fingerprint density at radius 2 is 2.14 bits per heavy atom. The first-order valence-electron chi connectivity index (χ1n) is 5.96. The minimum atomic E-state index is -0.719. The van der Waals surface area contributed by atoms with Gasteiger partial charge < -0.3 is 14.6 Å². The van der Waals surface area contributed by atoms with Crippen LogP contribution in [0.15, 0.2) is 35.0 Å². The van der Waals surface area contributed by atoms with E-state index in [1.54, 1.807) is 6.92 Å². The first-order chi connectivity index (χ1) is 10.0. The highest BCUT2D eigenvalue weighted by Crippen LogP contribution is 2.26. The van der Waals surface area contributed by atoms with Gasteiger partial charge in [-0.25, -0.2) is 9.59 Å². The van der Waals surface area contributed by atoms with Gasteiger partial charge in [-0.05, 0) is 25.1 Å². The number of aliphatic imine (C=N–C) groups is 1. The normalized spacial score (nSPS) is 11.5. The van der Waals surface area contributed by atoms with E-state index in [0.29, 0.717) is 6.26 Å². The van der Waals surface area contributed by atoms with Gasteiger partial charge in [0.25, 0.3) is 0 Å². The average Bonchev–Trinajstić information content (AvgIpc) is 2.49. The number of ether oxygens (including phenoxy) is 2. The lowest BCUT2D eigenvalue weighted by atomic mass is 10.2. The van der Waals surface area contributed by atoms with Crippen molar-refractivity contribution in [1.29, 1.82) is 0 Å². The first-order valence-corrected chi connectivity index (χ1v) is 6.34. The predicted octanol–water partition coefficient (Wildman–Crippen LogP) is 2.83. The second-order valence-electron chi connectivity index (χ2n) is 3.72. The molecular weight excluding hydrogens is 298 g/mol. The van der Waals surface area contributed by atoms with E-state index in [9.17, 15) is 9.59 Å². The maximum Gasteiger partial charge on any atom is 0.342 e. The van der Waals surface area contributed by atoms with Crippen LogP contribution in [-0.4, -0.2) is 37.0 Å². The van der Waals surface area contributed by atoms with Crippen LogP contribution in [0.5, 0.6) is 0 Å². The Kier molecular flexibility index (Phi) is 6.42. The Morgan fingerprint density at radius 1 is 1.43 bits per heavy atom. The number of benzene rings is 1. The topological polar surface area (TPSA) is 85.2 Å². The van der Waals surface area contributed by atoms with Crippen LogP contribution in [0, 0.1) is 0 Å². The van der Waals surface area contributed by atoms with Gasteiger partial charge in [-0.3, -0.25) is 4.99 Å². The third kappa shape index (κ3) is 4.61. The second kappa shape index (κ2) is 8.06. The molecule has 7 heteroatoms. The number of hydrogen-bond donors (Lipinski definition) is 1. The number of aliphatic hydroxyl groups is 1. The van der Waals surface area contributed by atoms with Gasteiger partial charge in [-0.1, -0.05) is 11.6 Å². The summed E-state index contributed by atoms with van der Waals surface area (Å²) in [7, 11) is 1.26. The summed E-state index contributed by atoms with van der Waals surface area (Å²) in [6, 6.07) is 4.37. The van der Waals surface area contributed by atoms with E-state index < -0.39 is 11.9 Å². The Bertz CT molecular complexity index is 595. The monoisotopic (exact) mass is 311 g/mol. The molecule has 0 unspecified atom stereocenters. The highest BCUT2D eigenvalue weighted by atomic mass is 35.5. The molecule has 1 aromatic carbocycles. The van der Waals surface area contributed by atoms with Crippen LogP contribution in [0.2, 0.25) is 5.02 Å². The van der Waals surface area contributed by atoms with E-state index in [0.717, 1.165) is 6.21 Å². The van der Waals surface area contributed by atoms with Gasteiger partial charge in [0, 0.05) is 6.21 Å². The van der Waals surface area contributed by atoms with Gasteiger partial charge in [0.2, 0.25) is 0 Å². The van der Waals surface area contributed by atoms with Gasteiger partial charge in [0.15, 0.2) is 0 Å². The maximum atomic E-state index is 11.5. The Hall–Kier alpha value is -2.34. The quantitative estimate of drug-likeness (QED) is 0.391. The summed E-state index contributed by atoms with van der Waals surface area (Å²) in [5.41, 5.74) is 0.374. The molecule has 1 aromatic rings. The second-order valence-corrected chi connectivity index (χ2v) is 4.13. The summed E-state index contributed by atoms with van der Waals surface area (Å²) in [6.07, 6.45) is 1.68. The zero-order chi connectivity index (χ0) is 15.8. The summed E-state index contributed by atoms with van der Waals surface area (Å²) in [4.78, 5) is 26.8. The van der Waals surface area contributed by atoms with Crippen LogP contribution in [0.4, 0.5) is 5.69 Å². The molecule has 0 aliphatic carbocycles. The van der Waals surface area contributed by atoms with Crippen LogP contribution in [-0.2, 0) is 14.3 Å². The molecule has 1 N–H and O–H groups in total. The molecule has 6 nitrogen and oxygen atoms in total. The van der Waals surface area contributed by atoms with Crippen LogP contribution >= 0.6 is 11.6 Å². The fourth-order valence-electron chi connectivity index (χ4n) is 1.35. The van der Waals surface area contributed by atoms with E-state index in [1.807, 2.05) is 0 Å². The Labute approximate surface area is 126 Å². The van der Waals surface area contributed by atoms with E-state index in [-0.39, 0.29) is 28.5 Å². The van der Waals surface area contributed by atoms with Gasteiger partial charge in [-0.2, -0.15) is 0 Å². The number of carbonyl (C=O) groups excluding carboxylic acids is 2. The Balaban J connectivity index is 3.03. The summed E-state index contributed by atoms with van der Waals surface area (Å²) in [5, 5.41) is 9.27. The molecule has 0 spiro atoms. The third-order valence-electron chi connectivity index (χ3n) is 2.36. The molecule has 0 aliphatic heterocycles. The Morgan fingerprint density at radius 3 is 2.71 bits per heavy atom. The minimum absolute atomic E-state index is 0.142. The molecule has 0 aromatic heterocycles. The molecule has 0 saturated heterocycles. The van der Waals surface area contributed by atoms with E-state index in [2.05, 4.69) is 9.73 Å². The standard InChI is InChI=1S/C14H14ClNO5/c1-3-21-14(19)10(8-17)7-16-12-6-9(13(18)20-2)4-5-11(12)15/h4-8,17H,3H2,1-2H3. The number of carbonyl (C=O) groups is 2. The van der Waals surface area contributed by atoms with Crippen molar-refractivity contribution in [3.05, 3.63) is 40.6 Å². The van der Waals surface area contributed by atoms with Crippen molar-refractivity contribution in [2.24, 2.45) is 4.99 Å². The van der Waals surface area contributed by atoms with Gasteiger partial charge >= 0.3 is 11.9 Å². The number of hydrogen-bond acceptors (Lipinski definition) is 6. The lowest BCUT2D eigenvalue weighted by Gasteiger charge is -2.03. The zero-order valence-electron chi connectivity index (χ0n) is 11.5. The smallest absolute Gasteiger partial charge is 0.342 e.